The maximum Gasteiger partial charge on any atom is 0.0372 e. The van der Waals surface area contributed by atoms with Crippen molar-refractivity contribution in [2.24, 2.45) is 0 Å². The molecule has 0 N–H and O–H groups in total. The molecule has 90 valence electrons. The van der Waals surface area contributed by atoms with E-state index in [1.54, 1.807) is 0 Å². The van der Waals surface area contributed by atoms with Crippen LogP contribution in [0, 0.1) is 0 Å². The van der Waals surface area contributed by atoms with Crippen LogP contribution >= 0.6 is 10.5 Å². The normalized spacial score (nSPS) is 16.8. The molecule has 1 aromatic carbocycles. The van der Waals surface area contributed by atoms with E-state index in [1.807, 2.05) is 6.08 Å². The zero-order valence-electron chi connectivity index (χ0n) is 10.2. The van der Waals surface area contributed by atoms with Crippen molar-refractivity contribution in [3.05, 3.63) is 49.1 Å². The van der Waals surface area contributed by atoms with Crippen LogP contribution in [0.15, 0.2) is 43.5 Å². The van der Waals surface area contributed by atoms with Crippen LogP contribution in [0.25, 0.3) is 5.57 Å². The van der Waals surface area contributed by atoms with Gasteiger partial charge in [0.2, 0.25) is 0 Å². The van der Waals surface area contributed by atoms with Crippen LogP contribution in [0.4, 0.5) is 5.69 Å². The zero-order chi connectivity index (χ0) is 12.3. The predicted octanol–water partition coefficient (Wildman–Crippen LogP) is 3.41. The highest BCUT2D eigenvalue weighted by Crippen LogP contribution is 2.25. The molecule has 0 radical (unpaired) electrons. The summed E-state index contributed by atoms with van der Waals surface area (Å²) in [4.78, 5) is 2.44. The molecule has 0 unspecified atom stereocenters. The van der Waals surface area contributed by atoms with Gasteiger partial charge in [0.15, 0.2) is 0 Å². The molecule has 17 heavy (non-hydrogen) atoms. The van der Waals surface area contributed by atoms with Gasteiger partial charge in [-0.05, 0) is 23.3 Å². The van der Waals surface area contributed by atoms with Gasteiger partial charge in [0, 0.05) is 30.3 Å². The van der Waals surface area contributed by atoms with E-state index in [2.05, 4.69) is 48.2 Å². The maximum absolute atomic E-state index is 4.16. The first-order chi connectivity index (χ1) is 8.20. The van der Waals surface area contributed by atoms with Crippen molar-refractivity contribution in [2.75, 3.05) is 29.5 Å². The van der Waals surface area contributed by atoms with Crippen molar-refractivity contribution in [3.63, 3.8) is 0 Å². The molecule has 1 heterocycles. The summed E-state index contributed by atoms with van der Waals surface area (Å²) in [6.45, 7) is 10.0. The quantitative estimate of drug-likeness (QED) is 0.583. The Hall–Kier alpha value is -1.28. The van der Waals surface area contributed by atoms with Crippen LogP contribution in [0.5, 0.6) is 0 Å². The van der Waals surface area contributed by atoms with Gasteiger partial charge >= 0.3 is 0 Å². The minimum absolute atomic E-state index is 0.374. The van der Waals surface area contributed by atoms with Gasteiger partial charge in [-0.15, -0.1) is 0 Å². The van der Waals surface area contributed by atoms with Crippen LogP contribution in [-0.2, 0) is 0 Å². The van der Waals surface area contributed by atoms with Crippen LogP contribution in [0.1, 0.15) is 5.56 Å². The maximum atomic E-state index is 4.16. The van der Waals surface area contributed by atoms with E-state index in [4.69, 9.17) is 0 Å². The molecule has 1 saturated heterocycles. The third kappa shape index (κ3) is 2.89. The number of benzene rings is 1. The summed E-state index contributed by atoms with van der Waals surface area (Å²) in [5.74, 6) is 6.59. The second kappa shape index (κ2) is 5.37. The Morgan fingerprint density at radius 3 is 2.65 bits per heavy atom. The SMILES string of the molecule is C=CC(=C)c1cccc(N2CCS(=C)CC2)c1. The molecule has 1 aromatic rings. The topological polar surface area (TPSA) is 3.24 Å². The predicted molar refractivity (Wildman–Crippen MR) is 82.3 cm³/mol. The fraction of sp³-hybridized carbons (Fsp3) is 0.267. The second-order valence-corrected chi connectivity index (χ2v) is 6.33. The smallest absolute Gasteiger partial charge is 0.0372 e. The highest BCUT2D eigenvalue weighted by molar-refractivity contribution is 8.14. The Bertz CT molecular complexity index is 452. The Morgan fingerprint density at radius 2 is 2.00 bits per heavy atom. The molecular weight excluding hydrogens is 226 g/mol. The van der Waals surface area contributed by atoms with Gasteiger partial charge in [0.1, 0.15) is 0 Å². The first-order valence-corrected chi connectivity index (χ1v) is 7.58. The lowest BCUT2D eigenvalue weighted by molar-refractivity contribution is 0.858. The standard InChI is InChI=1S/C15H19NS/c1-4-13(2)14-6-5-7-15(12-14)16-8-10-17(3)11-9-16/h4-7,12H,1-3,8-11H2. The van der Waals surface area contributed by atoms with Crippen LogP contribution in [0.2, 0.25) is 0 Å². The van der Waals surface area contributed by atoms with Crippen LogP contribution in [-0.4, -0.2) is 30.5 Å². The number of hydrogen-bond donors (Lipinski definition) is 0. The van der Waals surface area contributed by atoms with Crippen molar-refractivity contribution < 1.29 is 0 Å². The molecule has 0 atom stereocenters. The highest BCUT2D eigenvalue weighted by Gasteiger charge is 2.12. The molecule has 0 aliphatic carbocycles. The van der Waals surface area contributed by atoms with Crippen molar-refractivity contribution in [1.82, 2.24) is 0 Å². The van der Waals surface area contributed by atoms with Crippen molar-refractivity contribution in [3.8, 4) is 0 Å². The third-order valence-corrected chi connectivity index (χ3v) is 4.65. The van der Waals surface area contributed by atoms with Gasteiger partial charge < -0.3 is 4.90 Å². The molecule has 2 rings (SSSR count). The summed E-state index contributed by atoms with van der Waals surface area (Å²) in [6.07, 6.45) is 1.81. The van der Waals surface area contributed by atoms with E-state index >= 15 is 0 Å². The molecule has 1 aliphatic rings. The number of hydrogen-bond acceptors (Lipinski definition) is 1. The van der Waals surface area contributed by atoms with E-state index in [0.717, 1.165) is 24.2 Å². The number of allylic oxidation sites excluding steroid dienone is 2. The molecule has 0 aromatic heterocycles. The average Bonchev–Trinajstić information content (AvgIpc) is 2.39. The first-order valence-electron chi connectivity index (χ1n) is 5.84. The molecular formula is C15H19NS. The molecule has 0 spiro atoms. The number of anilines is 1. The first kappa shape index (κ1) is 12.2. The van der Waals surface area contributed by atoms with Gasteiger partial charge in [0.25, 0.3) is 0 Å². The molecule has 0 bridgehead atoms. The molecule has 2 heteroatoms. The minimum Gasteiger partial charge on any atom is -0.370 e. The summed E-state index contributed by atoms with van der Waals surface area (Å²) in [5, 5.41) is 0. The van der Waals surface area contributed by atoms with E-state index in [1.165, 1.54) is 17.2 Å². The Labute approximate surface area is 106 Å². The molecule has 1 fully saturated rings. The summed E-state index contributed by atoms with van der Waals surface area (Å²) in [5.41, 5.74) is 3.44. The minimum atomic E-state index is 0.374. The number of rotatable bonds is 3. The Morgan fingerprint density at radius 1 is 1.29 bits per heavy atom. The van der Waals surface area contributed by atoms with Gasteiger partial charge in [-0.1, -0.05) is 37.2 Å². The van der Waals surface area contributed by atoms with E-state index < -0.39 is 0 Å². The molecule has 1 nitrogen and oxygen atoms in total. The lowest BCUT2D eigenvalue weighted by atomic mass is 10.1. The largest absolute Gasteiger partial charge is 0.370 e. The van der Waals surface area contributed by atoms with Gasteiger partial charge in [-0.2, -0.15) is 10.5 Å². The number of nitrogens with zero attached hydrogens (tertiary/aromatic N) is 1. The third-order valence-electron chi connectivity index (χ3n) is 3.13. The Balaban J connectivity index is 2.18. The molecule has 1 aliphatic heterocycles. The van der Waals surface area contributed by atoms with E-state index in [-0.39, 0.29) is 0 Å². The van der Waals surface area contributed by atoms with E-state index in [9.17, 15) is 0 Å². The summed E-state index contributed by atoms with van der Waals surface area (Å²) in [6, 6.07) is 8.56. The lowest BCUT2D eigenvalue weighted by Crippen LogP contribution is -2.33. The Kier molecular flexibility index (Phi) is 3.85. The highest BCUT2D eigenvalue weighted by atomic mass is 32.2. The van der Waals surface area contributed by atoms with Gasteiger partial charge in [-0.25, -0.2) is 0 Å². The monoisotopic (exact) mass is 245 g/mol. The van der Waals surface area contributed by atoms with Crippen LogP contribution < -0.4 is 4.90 Å². The fourth-order valence-corrected chi connectivity index (χ4v) is 3.13. The fourth-order valence-electron chi connectivity index (χ4n) is 1.97. The van der Waals surface area contributed by atoms with Gasteiger partial charge in [0.05, 0.1) is 0 Å². The summed E-state index contributed by atoms with van der Waals surface area (Å²) >= 11 is 0. The molecule has 0 saturated carbocycles. The summed E-state index contributed by atoms with van der Waals surface area (Å²) in [7, 11) is 0.374. The van der Waals surface area contributed by atoms with Crippen molar-refractivity contribution in [1.29, 1.82) is 0 Å². The van der Waals surface area contributed by atoms with Crippen LogP contribution in [0.3, 0.4) is 0 Å². The van der Waals surface area contributed by atoms with Crippen molar-refractivity contribution >= 4 is 27.6 Å². The van der Waals surface area contributed by atoms with Crippen molar-refractivity contribution in [2.45, 2.75) is 0 Å². The molecule has 0 amide bonds. The second-order valence-electron chi connectivity index (χ2n) is 4.29. The lowest BCUT2D eigenvalue weighted by Gasteiger charge is -2.30. The van der Waals surface area contributed by atoms with Gasteiger partial charge in [-0.3, -0.25) is 0 Å². The summed E-state index contributed by atoms with van der Waals surface area (Å²) < 4.78 is 0. The van der Waals surface area contributed by atoms with E-state index in [0.29, 0.717) is 10.5 Å². The average molecular weight is 245 g/mol. The zero-order valence-corrected chi connectivity index (χ0v) is 11.0.